The van der Waals surface area contributed by atoms with Crippen LogP contribution in [0.2, 0.25) is 0 Å². The monoisotopic (exact) mass is 258 g/mol. The number of fused-ring (bicyclic) bond motifs is 1. The van der Waals surface area contributed by atoms with Crippen molar-refractivity contribution in [2.45, 2.75) is 37.8 Å². The van der Waals surface area contributed by atoms with Gasteiger partial charge in [-0.25, -0.2) is 4.99 Å². The largest absolute Gasteiger partial charge is 0.361 e. The summed E-state index contributed by atoms with van der Waals surface area (Å²) in [4.78, 5) is 18.4. The van der Waals surface area contributed by atoms with Gasteiger partial charge in [0.25, 0.3) is 5.91 Å². The standard InChI is InChI=1S/C15H18N2O2/c18-14-15(19,11-12-7-3-1-4-8-12)16-13-9-5-2-6-10-17(13)14/h1,3-4,7-8,19H,2,5-6,9-11H2. The summed E-state index contributed by atoms with van der Waals surface area (Å²) in [6.07, 6.45) is 4.21. The number of benzene rings is 1. The topological polar surface area (TPSA) is 52.9 Å². The highest BCUT2D eigenvalue weighted by Crippen LogP contribution is 2.28. The van der Waals surface area contributed by atoms with Crippen molar-refractivity contribution in [3.8, 4) is 0 Å². The molecule has 0 aromatic heterocycles. The maximum absolute atomic E-state index is 12.4. The smallest absolute Gasteiger partial charge is 0.283 e. The molecule has 1 atom stereocenters. The minimum absolute atomic E-state index is 0.256. The molecule has 1 aromatic carbocycles. The van der Waals surface area contributed by atoms with E-state index in [1.165, 1.54) is 0 Å². The molecule has 4 nitrogen and oxygen atoms in total. The molecular weight excluding hydrogens is 240 g/mol. The lowest BCUT2D eigenvalue weighted by atomic mass is 10.0. The number of amidine groups is 1. The van der Waals surface area contributed by atoms with E-state index >= 15 is 0 Å². The van der Waals surface area contributed by atoms with Crippen molar-refractivity contribution in [3.63, 3.8) is 0 Å². The molecule has 0 bridgehead atoms. The molecule has 0 spiro atoms. The van der Waals surface area contributed by atoms with Gasteiger partial charge in [0.2, 0.25) is 5.72 Å². The van der Waals surface area contributed by atoms with Gasteiger partial charge in [-0.2, -0.15) is 0 Å². The lowest BCUT2D eigenvalue weighted by molar-refractivity contribution is -0.143. The molecule has 4 heteroatoms. The zero-order chi connectivity index (χ0) is 13.3. The summed E-state index contributed by atoms with van der Waals surface area (Å²) in [5.41, 5.74) is -0.658. The molecule has 0 radical (unpaired) electrons. The molecule has 2 aliphatic rings. The Hall–Kier alpha value is -1.68. The van der Waals surface area contributed by atoms with Gasteiger partial charge in [0, 0.05) is 19.4 Å². The first-order valence-electron chi connectivity index (χ1n) is 6.86. The van der Waals surface area contributed by atoms with E-state index in [-0.39, 0.29) is 12.3 Å². The van der Waals surface area contributed by atoms with Gasteiger partial charge >= 0.3 is 0 Å². The summed E-state index contributed by atoms with van der Waals surface area (Å²) in [5, 5.41) is 10.6. The minimum atomic E-state index is -1.59. The molecule has 2 aliphatic heterocycles. The Bertz CT molecular complexity index is 512. The first-order chi connectivity index (χ1) is 9.19. The van der Waals surface area contributed by atoms with Crippen molar-refractivity contribution < 1.29 is 9.90 Å². The van der Waals surface area contributed by atoms with Crippen LogP contribution in [0.5, 0.6) is 0 Å². The molecule has 1 saturated heterocycles. The van der Waals surface area contributed by atoms with Crippen LogP contribution in [0, 0.1) is 0 Å². The zero-order valence-electron chi connectivity index (χ0n) is 10.9. The number of carbonyl (C=O) groups excluding carboxylic acids is 1. The summed E-state index contributed by atoms with van der Waals surface area (Å²) in [6.45, 7) is 0.689. The van der Waals surface area contributed by atoms with Gasteiger partial charge < -0.3 is 5.11 Å². The van der Waals surface area contributed by atoms with Crippen LogP contribution >= 0.6 is 0 Å². The van der Waals surface area contributed by atoms with Crippen molar-refractivity contribution >= 4 is 11.7 Å². The van der Waals surface area contributed by atoms with Crippen LogP contribution in [0.25, 0.3) is 0 Å². The van der Waals surface area contributed by atoms with Crippen LogP contribution in [0.15, 0.2) is 35.3 Å². The fraction of sp³-hybridized carbons (Fsp3) is 0.467. The Labute approximate surface area is 112 Å². The summed E-state index contributed by atoms with van der Waals surface area (Å²) < 4.78 is 0. The molecule has 100 valence electrons. The van der Waals surface area contributed by atoms with Crippen LogP contribution in [0.4, 0.5) is 0 Å². The van der Waals surface area contributed by atoms with Crippen LogP contribution in [0.3, 0.4) is 0 Å². The highest BCUT2D eigenvalue weighted by atomic mass is 16.3. The van der Waals surface area contributed by atoms with Gasteiger partial charge in [-0.15, -0.1) is 0 Å². The lowest BCUT2D eigenvalue weighted by Gasteiger charge is -2.21. The summed E-state index contributed by atoms with van der Waals surface area (Å²) in [5.74, 6) is 0.509. The maximum Gasteiger partial charge on any atom is 0.283 e. The fourth-order valence-corrected chi connectivity index (χ4v) is 2.80. The highest BCUT2D eigenvalue weighted by Gasteiger charge is 2.46. The minimum Gasteiger partial charge on any atom is -0.361 e. The maximum atomic E-state index is 12.4. The molecule has 1 aromatic rings. The predicted molar refractivity (Wildman–Crippen MR) is 72.7 cm³/mol. The van der Waals surface area contributed by atoms with E-state index in [1.807, 2.05) is 30.3 Å². The number of aliphatic imine (C=N–C) groups is 1. The second kappa shape index (κ2) is 4.78. The van der Waals surface area contributed by atoms with Crippen LogP contribution < -0.4 is 0 Å². The van der Waals surface area contributed by atoms with Crippen molar-refractivity contribution in [1.82, 2.24) is 4.90 Å². The Morgan fingerprint density at radius 2 is 2.00 bits per heavy atom. The number of hydrogen-bond acceptors (Lipinski definition) is 3. The van der Waals surface area contributed by atoms with Crippen molar-refractivity contribution in [3.05, 3.63) is 35.9 Å². The second-order valence-electron chi connectivity index (χ2n) is 5.27. The molecule has 1 fully saturated rings. The van der Waals surface area contributed by atoms with E-state index in [4.69, 9.17) is 0 Å². The number of amides is 1. The number of rotatable bonds is 2. The van der Waals surface area contributed by atoms with Gasteiger partial charge in [0.15, 0.2) is 0 Å². The molecule has 19 heavy (non-hydrogen) atoms. The van der Waals surface area contributed by atoms with E-state index in [2.05, 4.69) is 4.99 Å². The van der Waals surface area contributed by atoms with Gasteiger partial charge in [-0.1, -0.05) is 36.8 Å². The number of carbonyl (C=O) groups is 1. The van der Waals surface area contributed by atoms with Gasteiger partial charge in [0.05, 0.1) is 0 Å². The second-order valence-corrected chi connectivity index (χ2v) is 5.27. The first kappa shape index (κ1) is 12.4. The van der Waals surface area contributed by atoms with E-state index in [1.54, 1.807) is 4.90 Å². The molecular formula is C15H18N2O2. The average molecular weight is 258 g/mol. The summed E-state index contributed by atoms with van der Waals surface area (Å²) in [6, 6.07) is 9.56. The lowest BCUT2D eigenvalue weighted by Crippen LogP contribution is -2.44. The van der Waals surface area contributed by atoms with Crippen molar-refractivity contribution in [2.75, 3.05) is 6.54 Å². The van der Waals surface area contributed by atoms with E-state index < -0.39 is 5.72 Å². The molecule has 0 aliphatic carbocycles. The van der Waals surface area contributed by atoms with Gasteiger partial charge in [-0.3, -0.25) is 9.69 Å². The summed E-state index contributed by atoms with van der Waals surface area (Å²) in [7, 11) is 0. The number of hydrogen-bond donors (Lipinski definition) is 1. The van der Waals surface area contributed by atoms with E-state index in [0.717, 1.165) is 37.1 Å². The first-order valence-corrected chi connectivity index (χ1v) is 6.86. The van der Waals surface area contributed by atoms with Crippen LogP contribution in [0.1, 0.15) is 31.2 Å². The highest BCUT2D eigenvalue weighted by molar-refractivity contribution is 6.07. The Kier molecular flexibility index (Phi) is 3.11. The average Bonchev–Trinajstić information content (AvgIpc) is 2.59. The molecule has 1 unspecified atom stereocenters. The zero-order valence-corrected chi connectivity index (χ0v) is 10.9. The van der Waals surface area contributed by atoms with Crippen LogP contribution in [-0.2, 0) is 11.2 Å². The Morgan fingerprint density at radius 1 is 1.21 bits per heavy atom. The molecule has 1 N–H and O–H groups in total. The SMILES string of the molecule is O=C1N2CCCCCC2=NC1(O)Cc1ccccc1. The Balaban J connectivity index is 1.86. The Morgan fingerprint density at radius 3 is 2.79 bits per heavy atom. The number of aliphatic hydroxyl groups is 1. The number of nitrogens with zero attached hydrogens (tertiary/aromatic N) is 2. The molecule has 2 heterocycles. The van der Waals surface area contributed by atoms with E-state index in [9.17, 15) is 9.90 Å². The predicted octanol–water partition coefficient (Wildman–Crippen LogP) is 1.73. The van der Waals surface area contributed by atoms with Crippen LogP contribution in [-0.4, -0.2) is 34.0 Å². The quantitative estimate of drug-likeness (QED) is 0.878. The third-order valence-corrected chi connectivity index (χ3v) is 3.79. The van der Waals surface area contributed by atoms with Crippen molar-refractivity contribution in [2.24, 2.45) is 4.99 Å². The summed E-state index contributed by atoms with van der Waals surface area (Å²) >= 11 is 0. The molecule has 0 saturated carbocycles. The molecule has 3 rings (SSSR count). The molecule has 1 amide bonds. The van der Waals surface area contributed by atoms with E-state index in [0.29, 0.717) is 6.54 Å². The van der Waals surface area contributed by atoms with Crippen molar-refractivity contribution in [1.29, 1.82) is 0 Å². The normalized spacial score (nSPS) is 26.9. The third kappa shape index (κ3) is 2.28. The third-order valence-electron chi connectivity index (χ3n) is 3.79. The van der Waals surface area contributed by atoms with Gasteiger partial charge in [-0.05, 0) is 18.4 Å². The fourth-order valence-electron chi connectivity index (χ4n) is 2.80. The van der Waals surface area contributed by atoms with Gasteiger partial charge in [0.1, 0.15) is 5.84 Å².